The van der Waals surface area contributed by atoms with Crippen LogP contribution in [0.25, 0.3) is 5.69 Å². The van der Waals surface area contributed by atoms with Gasteiger partial charge in [0, 0.05) is 12.2 Å². The molecule has 0 bridgehead atoms. The number of aromatic nitrogens is 2. The fourth-order valence-electron chi connectivity index (χ4n) is 2.13. The summed E-state index contributed by atoms with van der Waals surface area (Å²) in [5, 5.41) is 4.41. The predicted octanol–water partition coefficient (Wildman–Crippen LogP) is 1.96. The molecule has 82 valence electrons. The fourth-order valence-corrected chi connectivity index (χ4v) is 2.13. The molecule has 0 aliphatic heterocycles. The number of fused-ring (bicyclic) bond motifs is 1. The first-order valence-corrected chi connectivity index (χ1v) is 5.34. The average Bonchev–Trinajstić information content (AvgIpc) is 2.81. The van der Waals surface area contributed by atoms with Crippen LogP contribution >= 0.6 is 0 Å². The Kier molecular flexibility index (Phi) is 2.04. The molecule has 0 saturated heterocycles. The van der Waals surface area contributed by atoms with Crippen molar-refractivity contribution in [2.75, 3.05) is 0 Å². The van der Waals surface area contributed by atoms with Crippen LogP contribution in [0, 0.1) is 5.82 Å². The molecule has 4 heteroatoms. The highest BCUT2D eigenvalue weighted by molar-refractivity contribution is 5.35. The molecule has 2 N–H and O–H groups in total. The SMILES string of the molecule is NC1CCc2cn(-c3cccc(F)c3)nc21. The van der Waals surface area contributed by atoms with Crippen LogP contribution in [0.4, 0.5) is 4.39 Å². The maximum Gasteiger partial charge on any atom is 0.125 e. The van der Waals surface area contributed by atoms with E-state index in [9.17, 15) is 4.39 Å². The van der Waals surface area contributed by atoms with Crippen LogP contribution in [-0.2, 0) is 6.42 Å². The van der Waals surface area contributed by atoms with Crippen LogP contribution in [-0.4, -0.2) is 9.78 Å². The molecule has 1 aromatic carbocycles. The Bertz CT molecular complexity index is 533. The largest absolute Gasteiger partial charge is 0.323 e. The number of rotatable bonds is 1. The van der Waals surface area contributed by atoms with E-state index >= 15 is 0 Å². The molecule has 1 atom stereocenters. The van der Waals surface area contributed by atoms with Crippen molar-refractivity contribution in [1.82, 2.24) is 9.78 Å². The van der Waals surface area contributed by atoms with Crippen molar-refractivity contribution in [3.8, 4) is 5.69 Å². The molecule has 3 rings (SSSR count). The molecular weight excluding hydrogens is 205 g/mol. The van der Waals surface area contributed by atoms with Crippen molar-refractivity contribution < 1.29 is 4.39 Å². The van der Waals surface area contributed by atoms with Gasteiger partial charge in [-0.3, -0.25) is 0 Å². The molecule has 0 radical (unpaired) electrons. The summed E-state index contributed by atoms with van der Waals surface area (Å²) in [5.41, 5.74) is 8.78. The Labute approximate surface area is 92.7 Å². The molecule has 1 unspecified atom stereocenters. The minimum atomic E-state index is -0.252. The molecular formula is C12H12FN3. The average molecular weight is 217 g/mol. The van der Waals surface area contributed by atoms with Gasteiger partial charge >= 0.3 is 0 Å². The van der Waals surface area contributed by atoms with Crippen LogP contribution in [0.5, 0.6) is 0 Å². The van der Waals surface area contributed by atoms with E-state index in [0.717, 1.165) is 24.2 Å². The molecule has 0 amide bonds. The Morgan fingerprint density at radius 1 is 1.44 bits per heavy atom. The smallest absolute Gasteiger partial charge is 0.125 e. The lowest BCUT2D eigenvalue weighted by molar-refractivity contribution is 0.623. The van der Waals surface area contributed by atoms with E-state index in [1.165, 1.54) is 17.7 Å². The second-order valence-corrected chi connectivity index (χ2v) is 4.11. The predicted molar refractivity (Wildman–Crippen MR) is 58.8 cm³/mol. The minimum Gasteiger partial charge on any atom is -0.323 e. The van der Waals surface area contributed by atoms with Gasteiger partial charge in [-0.1, -0.05) is 6.07 Å². The lowest BCUT2D eigenvalue weighted by Gasteiger charge is -2.03. The van der Waals surface area contributed by atoms with E-state index in [2.05, 4.69) is 5.10 Å². The summed E-state index contributed by atoms with van der Waals surface area (Å²) in [4.78, 5) is 0. The molecule has 0 saturated carbocycles. The minimum absolute atomic E-state index is 0.0322. The van der Waals surface area contributed by atoms with Gasteiger partial charge in [0.1, 0.15) is 5.82 Å². The van der Waals surface area contributed by atoms with Gasteiger partial charge in [0.25, 0.3) is 0 Å². The zero-order valence-electron chi connectivity index (χ0n) is 8.73. The van der Waals surface area contributed by atoms with Crippen LogP contribution in [0.15, 0.2) is 30.5 Å². The van der Waals surface area contributed by atoms with E-state index in [4.69, 9.17) is 5.73 Å². The number of hydrogen-bond acceptors (Lipinski definition) is 2. The van der Waals surface area contributed by atoms with Crippen molar-refractivity contribution in [3.05, 3.63) is 47.5 Å². The summed E-state index contributed by atoms with van der Waals surface area (Å²) in [5.74, 6) is -0.252. The Morgan fingerprint density at radius 3 is 3.06 bits per heavy atom. The zero-order valence-corrected chi connectivity index (χ0v) is 8.73. The first-order chi connectivity index (χ1) is 7.74. The monoisotopic (exact) mass is 217 g/mol. The summed E-state index contributed by atoms with van der Waals surface area (Å²) in [6.07, 6.45) is 3.87. The van der Waals surface area contributed by atoms with Gasteiger partial charge in [-0.25, -0.2) is 9.07 Å². The maximum atomic E-state index is 13.1. The Hall–Kier alpha value is -1.68. The zero-order chi connectivity index (χ0) is 11.1. The van der Waals surface area contributed by atoms with E-state index in [1.54, 1.807) is 10.7 Å². The van der Waals surface area contributed by atoms with E-state index in [-0.39, 0.29) is 11.9 Å². The summed E-state index contributed by atoms with van der Waals surface area (Å²) < 4.78 is 14.8. The van der Waals surface area contributed by atoms with Crippen molar-refractivity contribution in [2.45, 2.75) is 18.9 Å². The second-order valence-electron chi connectivity index (χ2n) is 4.11. The summed E-state index contributed by atoms with van der Waals surface area (Å²) >= 11 is 0. The highest BCUT2D eigenvalue weighted by Gasteiger charge is 2.23. The number of benzene rings is 1. The maximum absolute atomic E-state index is 13.1. The van der Waals surface area contributed by atoms with Gasteiger partial charge in [-0.05, 0) is 36.6 Å². The summed E-state index contributed by atoms with van der Waals surface area (Å²) in [6.45, 7) is 0. The van der Waals surface area contributed by atoms with Gasteiger partial charge in [-0.2, -0.15) is 5.10 Å². The standard InChI is InChI=1S/C12H12FN3/c13-9-2-1-3-10(6-9)16-7-8-4-5-11(14)12(8)15-16/h1-3,6-7,11H,4-5,14H2. The van der Waals surface area contributed by atoms with Gasteiger partial charge in [0.2, 0.25) is 0 Å². The third kappa shape index (κ3) is 1.42. The van der Waals surface area contributed by atoms with Crippen LogP contribution in [0.1, 0.15) is 23.7 Å². The molecule has 3 nitrogen and oxygen atoms in total. The highest BCUT2D eigenvalue weighted by Crippen LogP contribution is 2.28. The molecule has 1 aliphatic rings. The van der Waals surface area contributed by atoms with Crippen molar-refractivity contribution >= 4 is 0 Å². The van der Waals surface area contributed by atoms with E-state index < -0.39 is 0 Å². The quantitative estimate of drug-likeness (QED) is 0.793. The number of halogens is 1. The van der Waals surface area contributed by atoms with Crippen molar-refractivity contribution in [1.29, 1.82) is 0 Å². The van der Waals surface area contributed by atoms with Crippen LogP contribution in [0.2, 0.25) is 0 Å². The first-order valence-electron chi connectivity index (χ1n) is 5.34. The highest BCUT2D eigenvalue weighted by atomic mass is 19.1. The van der Waals surface area contributed by atoms with Crippen molar-refractivity contribution in [3.63, 3.8) is 0 Å². The van der Waals surface area contributed by atoms with Gasteiger partial charge in [-0.15, -0.1) is 0 Å². The van der Waals surface area contributed by atoms with Gasteiger partial charge in [0.15, 0.2) is 0 Å². The molecule has 1 aliphatic carbocycles. The van der Waals surface area contributed by atoms with Gasteiger partial charge in [0.05, 0.1) is 11.4 Å². The third-order valence-corrected chi connectivity index (χ3v) is 2.97. The number of nitrogens with two attached hydrogens (primary N) is 1. The number of hydrogen-bond donors (Lipinski definition) is 1. The molecule has 0 fully saturated rings. The van der Waals surface area contributed by atoms with Crippen LogP contribution < -0.4 is 5.73 Å². The number of nitrogens with zero attached hydrogens (tertiary/aromatic N) is 2. The fraction of sp³-hybridized carbons (Fsp3) is 0.250. The van der Waals surface area contributed by atoms with Crippen molar-refractivity contribution in [2.24, 2.45) is 5.73 Å². The normalized spacial score (nSPS) is 18.8. The molecule has 2 aromatic rings. The number of aryl methyl sites for hydroxylation is 1. The second kappa shape index (κ2) is 3.42. The topological polar surface area (TPSA) is 43.8 Å². The molecule has 16 heavy (non-hydrogen) atoms. The molecule has 0 spiro atoms. The Morgan fingerprint density at radius 2 is 2.31 bits per heavy atom. The summed E-state index contributed by atoms with van der Waals surface area (Å²) in [7, 11) is 0. The van der Waals surface area contributed by atoms with E-state index in [0.29, 0.717) is 0 Å². The molecule has 1 aromatic heterocycles. The third-order valence-electron chi connectivity index (χ3n) is 2.97. The Balaban J connectivity index is 2.05. The lowest BCUT2D eigenvalue weighted by atomic mass is 10.3. The van der Waals surface area contributed by atoms with E-state index in [1.807, 2.05) is 12.3 Å². The van der Waals surface area contributed by atoms with Gasteiger partial charge < -0.3 is 5.73 Å². The van der Waals surface area contributed by atoms with Crippen LogP contribution in [0.3, 0.4) is 0 Å². The lowest BCUT2D eigenvalue weighted by Crippen LogP contribution is -2.08. The first kappa shape index (κ1) is 9.54. The molecule has 1 heterocycles. The summed E-state index contributed by atoms with van der Waals surface area (Å²) in [6, 6.07) is 6.43.